The normalized spacial score (nSPS) is 24.6. The number of rotatable bonds is 2. The van der Waals surface area contributed by atoms with E-state index in [1.165, 1.54) is 6.42 Å². The zero-order valence-corrected chi connectivity index (χ0v) is 9.21. The molecule has 0 aromatic rings. The summed E-state index contributed by atoms with van der Waals surface area (Å²) in [5.74, 6) is 1.14. The molecule has 0 spiro atoms. The molecule has 0 aliphatic carbocycles. The zero-order valence-electron chi connectivity index (χ0n) is 9.21. The summed E-state index contributed by atoms with van der Waals surface area (Å²) in [7, 11) is 0. The molecule has 0 saturated carbocycles. The minimum atomic E-state index is 0.274. The monoisotopic (exact) mass is 183 g/mol. The molecule has 1 atom stereocenters. The van der Waals surface area contributed by atoms with Crippen molar-refractivity contribution in [2.75, 3.05) is 6.54 Å². The molecule has 1 rings (SSSR count). The molecular formula is C11H21NO. The third kappa shape index (κ3) is 2.23. The van der Waals surface area contributed by atoms with Gasteiger partial charge in [-0.2, -0.15) is 0 Å². The van der Waals surface area contributed by atoms with Gasteiger partial charge in [0.05, 0.1) is 0 Å². The molecule has 0 unspecified atom stereocenters. The lowest BCUT2D eigenvalue weighted by Crippen LogP contribution is -2.46. The molecule has 1 saturated heterocycles. The molecule has 0 aromatic carbocycles. The fourth-order valence-electron chi connectivity index (χ4n) is 2.06. The third-order valence-corrected chi connectivity index (χ3v) is 2.94. The van der Waals surface area contributed by atoms with Gasteiger partial charge in [0.1, 0.15) is 0 Å². The highest BCUT2D eigenvalue weighted by molar-refractivity contribution is 5.80. The van der Waals surface area contributed by atoms with Crippen molar-refractivity contribution in [1.29, 1.82) is 0 Å². The van der Waals surface area contributed by atoms with Crippen molar-refractivity contribution in [3.63, 3.8) is 0 Å². The van der Waals surface area contributed by atoms with Crippen LogP contribution in [0.2, 0.25) is 0 Å². The molecule has 2 heteroatoms. The van der Waals surface area contributed by atoms with Crippen molar-refractivity contribution >= 4 is 5.91 Å². The SMILES string of the molecule is CC(C)[C@@H]1CCCN(C(C)C)C1=O. The third-order valence-electron chi connectivity index (χ3n) is 2.94. The Morgan fingerprint density at radius 2 is 1.92 bits per heavy atom. The average Bonchev–Trinajstić information content (AvgIpc) is 2.03. The summed E-state index contributed by atoms with van der Waals surface area (Å²) >= 11 is 0. The van der Waals surface area contributed by atoms with Crippen molar-refractivity contribution in [3.05, 3.63) is 0 Å². The van der Waals surface area contributed by atoms with Crippen molar-refractivity contribution < 1.29 is 4.79 Å². The molecule has 1 amide bonds. The van der Waals surface area contributed by atoms with E-state index in [2.05, 4.69) is 27.7 Å². The Kier molecular flexibility index (Phi) is 3.34. The summed E-state index contributed by atoms with van der Waals surface area (Å²) in [4.78, 5) is 14.0. The van der Waals surface area contributed by atoms with E-state index < -0.39 is 0 Å². The lowest BCUT2D eigenvalue weighted by Gasteiger charge is -2.36. The minimum Gasteiger partial charge on any atom is -0.340 e. The molecule has 1 aliphatic rings. The van der Waals surface area contributed by atoms with Crippen LogP contribution in [0.5, 0.6) is 0 Å². The largest absolute Gasteiger partial charge is 0.340 e. The second-order valence-corrected chi connectivity index (χ2v) is 4.62. The van der Waals surface area contributed by atoms with Crippen molar-refractivity contribution in [3.8, 4) is 0 Å². The maximum atomic E-state index is 11.9. The molecule has 0 N–H and O–H groups in total. The van der Waals surface area contributed by atoms with Gasteiger partial charge in [-0.15, -0.1) is 0 Å². The van der Waals surface area contributed by atoms with Crippen LogP contribution in [0.15, 0.2) is 0 Å². The van der Waals surface area contributed by atoms with E-state index in [-0.39, 0.29) is 5.92 Å². The second-order valence-electron chi connectivity index (χ2n) is 4.62. The van der Waals surface area contributed by atoms with E-state index in [0.717, 1.165) is 13.0 Å². The van der Waals surface area contributed by atoms with Crippen LogP contribution in [-0.4, -0.2) is 23.4 Å². The zero-order chi connectivity index (χ0) is 10.0. The Labute approximate surface area is 81.3 Å². The number of hydrogen-bond donors (Lipinski definition) is 0. The van der Waals surface area contributed by atoms with Crippen LogP contribution >= 0.6 is 0 Å². The van der Waals surface area contributed by atoms with Crippen molar-refractivity contribution in [2.45, 2.75) is 46.6 Å². The Hall–Kier alpha value is -0.530. The second kappa shape index (κ2) is 4.12. The van der Waals surface area contributed by atoms with Gasteiger partial charge < -0.3 is 4.90 Å². The molecule has 0 radical (unpaired) electrons. The average molecular weight is 183 g/mol. The lowest BCUT2D eigenvalue weighted by atomic mass is 9.86. The highest BCUT2D eigenvalue weighted by Gasteiger charge is 2.31. The lowest BCUT2D eigenvalue weighted by molar-refractivity contribution is -0.142. The standard InChI is InChI=1S/C11H21NO/c1-8(2)10-6-5-7-12(9(3)4)11(10)13/h8-10H,5-7H2,1-4H3/t10-/m0/s1. The van der Waals surface area contributed by atoms with Gasteiger partial charge in [0.25, 0.3) is 0 Å². The fraction of sp³-hybridized carbons (Fsp3) is 0.909. The summed E-state index contributed by atoms with van der Waals surface area (Å²) in [5, 5.41) is 0. The summed E-state index contributed by atoms with van der Waals surface area (Å²) in [5.41, 5.74) is 0. The van der Waals surface area contributed by atoms with Crippen LogP contribution in [-0.2, 0) is 4.79 Å². The van der Waals surface area contributed by atoms with Crippen LogP contribution < -0.4 is 0 Å². The van der Waals surface area contributed by atoms with Crippen LogP contribution in [0.4, 0.5) is 0 Å². The molecule has 0 bridgehead atoms. The van der Waals surface area contributed by atoms with Gasteiger partial charge in [-0.3, -0.25) is 4.79 Å². The Balaban J connectivity index is 2.66. The predicted molar refractivity (Wildman–Crippen MR) is 54.4 cm³/mol. The quantitative estimate of drug-likeness (QED) is 0.643. The topological polar surface area (TPSA) is 20.3 Å². The van der Waals surface area contributed by atoms with Gasteiger partial charge in [0, 0.05) is 18.5 Å². The maximum Gasteiger partial charge on any atom is 0.226 e. The van der Waals surface area contributed by atoms with Gasteiger partial charge in [0.15, 0.2) is 0 Å². The van der Waals surface area contributed by atoms with E-state index in [4.69, 9.17) is 0 Å². The van der Waals surface area contributed by atoms with Gasteiger partial charge in [0.2, 0.25) is 5.91 Å². The van der Waals surface area contributed by atoms with E-state index in [9.17, 15) is 4.79 Å². The number of amides is 1. The number of carbonyl (C=O) groups excluding carboxylic acids is 1. The number of hydrogen-bond acceptors (Lipinski definition) is 1. The molecule has 1 aliphatic heterocycles. The van der Waals surface area contributed by atoms with Gasteiger partial charge in [-0.25, -0.2) is 0 Å². The highest BCUT2D eigenvalue weighted by atomic mass is 16.2. The van der Waals surface area contributed by atoms with Crippen LogP contribution in [0.25, 0.3) is 0 Å². The molecule has 76 valence electrons. The van der Waals surface area contributed by atoms with Crippen LogP contribution in [0.3, 0.4) is 0 Å². The van der Waals surface area contributed by atoms with E-state index in [0.29, 0.717) is 17.9 Å². The van der Waals surface area contributed by atoms with E-state index in [1.54, 1.807) is 0 Å². The number of carbonyl (C=O) groups is 1. The smallest absolute Gasteiger partial charge is 0.226 e. The highest BCUT2D eigenvalue weighted by Crippen LogP contribution is 2.25. The summed E-state index contributed by atoms with van der Waals surface area (Å²) < 4.78 is 0. The van der Waals surface area contributed by atoms with Gasteiger partial charge in [-0.05, 0) is 32.6 Å². The summed E-state index contributed by atoms with van der Waals surface area (Å²) in [6.07, 6.45) is 2.26. The van der Waals surface area contributed by atoms with Crippen LogP contribution in [0.1, 0.15) is 40.5 Å². The minimum absolute atomic E-state index is 0.274. The fourth-order valence-corrected chi connectivity index (χ4v) is 2.06. The predicted octanol–water partition coefficient (Wildman–Crippen LogP) is 2.29. The van der Waals surface area contributed by atoms with Crippen LogP contribution in [0, 0.1) is 11.8 Å². The first-order valence-electron chi connectivity index (χ1n) is 5.34. The first-order valence-corrected chi connectivity index (χ1v) is 5.34. The van der Waals surface area contributed by atoms with Crippen molar-refractivity contribution in [1.82, 2.24) is 4.90 Å². The molecule has 1 fully saturated rings. The van der Waals surface area contributed by atoms with Gasteiger partial charge >= 0.3 is 0 Å². The number of nitrogens with zero attached hydrogens (tertiary/aromatic N) is 1. The molecule has 2 nitrogen and oxygen atoms in total. The molecule has 0 aromatic heterocycles. The maximum absolute atomic E-state index is 11.9. The molecular weight excluding hydrogens is 162 g/mol. The van der Waals surface area contributed by atoms with Crippen molar-refractivity contribution in [2.24, 2.45) is 11.8 Å². The number of likely N-dealkylation sites (tertiary alicyclic amines) is 1. The summed E-state index contributed by atoms with van der Waals surface area (Å²) in [6.45, 7) is 9.44. The summed E-state index contributed by atoms with van der Waals surface area (Å²) in [6, 6.07) is 0.369. The molecule has 1 heterocycles. The molecule has 13 heavy (non-hydrogen) atoms. The Morgan fingerprint density at radius 1 is 1.31 bits per heavy atom. The first kappa shape index (κ1) is 10.6. The Bertz CT molecular complexity index is 169. The first-order chi connectivity index (χ1) is 6.04. The van der Waals surface area contributed by atoms with Gasteiger partial charge in [-0.1, -0.05) is 13.8 Å². The number of piperidine rings is 1. The van der Waals surface area contributed by atoms with E-state index in [1.807, 2.05) is 4.90 Å². The Morgan fingerprint density at radius 3 is 2.38 bits per heavy atom. The van der Waals surface area contributed by atoms with E-state index >= 15 is 0 Å².